The van der Waals surface area contributed by atoms with E-state index in [0.717, 1.165) is 0 Å². The van der Waals surface area contributed by atoms with E-state index in [0.29, 0.717) is 130 Å². The Balaban J connectivity index is 0.00000173. The van der Waals surface area contributed by atoms with E-state index in [1.54, 1.807) is 72.8 Å². The van der Waals surface area contributed by atoms with Crippen molar-refractivity contribution in [2.75, 3.05) is 0 Å². The predicted octanol–water partition coefficient (Wildman–Crippen LogP) is 16.6. The van der Waals surface area contributed by atoms with Crippen LogP contribution in [0.25, 0.3) is 90.9 Å². The minimum Gasteiger partial charge on any atom is -0.354 e. The van der Waals surface area contributed by atoms with Gasteiger partial charge in [0.15, 0.2) is 0 Å². The van der Waals surface area contributed by atoms with Gasteiger partial charge in [0.05, 0.1) is 63.0 Å². The first-order valence-electron chi connectivity index (χ1n) is 17.2. The van der Waals surface area contributed by atoms with Gasteiger partial charge in [0, 0.05) is 83.6 Å². The molecule has 3 aromatic heterocycles. The number of aromatic amines is 2. The van der Waals surface area contributed by atoms with Crippen LogP contribution in [-0.4, -0.2) is 30.5 Å². The van der Waals surface area contributed by atoms with Crippen LogP contribution in [0.3, 0.4) is 0 Å². The van der Waals surface area contributed by atoms with Gasteiger partial charge in [0.25, 0.3) is 0 Å². The molecule has 2 aliphatic rings. The molecule has 59 heavy (non-hydrogen) atoms. The summed E-state index contributed by atoms with van der Waals surface area (Å²) in [5.41, 5.74) is 10.1. The zero-order valence-corrected chi connectivity index (χ0v) is 37.0. The van der Waals surface area contributed by atoms with E-state index in [2.05, 4.69) is 9.97 Å². The second-order valence-corrected chi connectivity index (χ2v) is 16.1. The van der Waals surface area contributed by atoms with Gasteiger partial charge in [-0.25, -0.2) is 9.97 Å². The van der Waals surface area contributed by atoms with Crippen LogP contribution in [0.5, 0.6) is 0 Å². The Morgan fingerprint density at radius 1 is 0.305 bits per heavy atom. The smallest absolute Gasteiger partial charge is 0.0738 e. The number of H-pyrrole nitrogens is 2. The van der Waals surface area contributed by atoms with E-state index >= 15 is 0 Å². The zero-order valence-electron chi connectivity index (χ0n) is 29.7. The van der Waals surface area contributed by atoms with E-state index in [1.165, 1.54) is 0 Å². The molecule has 4 aromatic carbocycles. The van der Waals surface area contributed by atoms with E-state index < -0.39 is 0 Å². The fraction of sp³-hybridized carbons (Fsp3) is 0. The third kappa shape index (κ3) is 7.97. The Kier molecular flexibility index (Phi) is 13.3. The van der Waals surface area contributed by atoms with Crippen molar-refractivity contribution in [3.05, 3.63) is 160 Å². The summed E-state index contributed by atoms with van der Waals surface area (Å²) in [6.45, 7) is 0. The molecule has 9 rings (SSSR count). The number of aromatic nitrogens is 4. The number of fused-ring (bicyclic) bond motifs is 8. The van der Waals surface area contributed by atoms with Crippen molar-refractivity contribution in [1.29, 1.82) is 0 Å². The Morgan fingerprint density at radius 3 is 0.678 bits per heavy atom. The predicted molar refractivity (Wildman–Crippen MR) is 246 cm³/mol. The summed E-state index contributed by atoms with van der Waals surface area (Å²) in [5, 5.41) is 15.5. The van der Waals surface area contributed by atoms with Gasteiger partial charge in [-0.1, -0.05) is 117 Å². The quantitative estimate of drug-likeness (QED) is 0.0802. The van der Waals surface area contributed by atoms with Crippen LogP contribution < -0.4 is 0 Å². The molecule has 5 heterocycles. The van der Waals surface area contributed by atoms with Crippen molar-refractivity contribution >= 4 is 139 Å². The van der Waals surface area contributed by atoms with E-state index in [9.17, 15) is 0 Å². The van der Waals surface area contributed by atoms with Gasteiger partial charge in [0.2, 0.25) is 0 Å². The maximum atomic E-state index is 6.95. The average Bonchev–Trinajstić information content (AvgIpc) is 4.04. The molecule has 1 radical (unpaired) electrons. The summed E-state index contributed by atoms with van der Waals surface area (Å²) in [5.74, 6) is 0. The molecule has 8 bridgehead atoms. The van der Waals surface area contributed by atoms with Gasteiger partial charge in [-0.15, -0.1) is 0 Å². The first kappa shape index (κ1) is 43.3. The summed E-state index contributed by atoms with van der Waals surface area (Å²) in [7, 11) is 0. The molecule has 295 valence electrons. The molecule has 0 fully saturated rings. The Bertz CT molecular complexity index is 2570. The van der Waals surface area contributed by atoms with Crippen molar-refractivity contribution in [3.63, 3.8) is 0 Å². The molecule has 0 unspecified atom stereocenters. The Hall–Kier alpha value is -3.76. The summed E-state index contributed by atoms with van der Waals surface area (Å²) >= 11 is 55.6. The second kappa shape index (κ2) is 18.1. The van der Waals surface area contributed by atoms with Gasteiger partial charge in [-0.3, -0.25) is 10.5 Å². The molecule has 0 spiro atoms. The number of nitrogens with zero attached hydrogens (tertiary/aromatic N) is 2. The topological polar surface area (TPSA) is 97.8 Å². The molecule has 4 N–H and O–H groups in total. The molecule has 0 saturated heterocycles. The molecule has 6 nitrogen and oxygen atoms in total. The van der Waals surface area contributed by atoms with Gasteiger partial charge < -0.3 is 9.97 Å². The van der Waals surface area contributed by atoms with Crippen molar-refractivity contribution in [1.82, 2.24) is 19.9 Å². The minimum absolute atomic E-state index is 0. The van der Waals surface area contributed by atoms with Crippen molar-refractivity contribution in [2.45, 2.75) is 0 Å². The van der Waals surface area contributed by atoms with Crippen molar-refractivity contribution in [3.8, 4) is 44.5 Å². The largest absolute Gasteiger partial charge is 0.354 e. The van der Waals surface area contributed by atoms with E-state index in [1.807, 2.05) is 48.6 Å². The van der Waals surface area contributed by atoms with E-state index in [-0.39, 0.29) is 17.1 Å². The van der Waals surface area contributed by atoms with Crippen LogP contribution in [0.2, 0.25) is 40.2 Å². The van der Waals surface area contributed by atoms with Crippen LogP contribution in [0, 0.1) is 0 Å². The minimum atomic E-state index is 0. The van der Waals surface area contributed by atoms with Gasteiger partial charge in [0.1, 0.15) is 0 Å². The molecule has 15 heteroatoms. The first-order valence-corrected chi connectivity index (χ1v) is 20.2. The molecule has 0 atom stereocenters. The summed E-state index contributed by atoms with van der Waals surface area (Å²) in [6, 6.07) is 29.3. The van der Waals surface area contributed by atoms with E-state index in [4.69, 9.17) is 113 Å². The SMILES string of the molecule is Clc1cccc(Cl)c1-c1c2nc(c(-c3c(Cl)cccc3Cl)c3ccc([nH]3)c(-c3c(Cl)cccc3Cl)c3nc(c(-c4c(Cl)cccc4Cl)c4ccc1[nH]4)C=C3)C=C2.OO.[Mn]. The summed E-state index contributed by atoms with van der Waals surface area (Å²) in [6.07, 6.45) is 7.66. The van der Waals surface area contributed by atoms with Gasteiger partial charge >= 0.3 is 0 Å². The van der Waals surface area contributed by atoms with Crippen LogP contribution in [0.1, 0.15) is 22.8 Å². The number of rotatable bonds is 4. The van der Waals surface area contributed by atoms with Crippen molar-refractivity contribution in [2.24, 2.45) is 0 Å². The second-order valence-electron chi connectivity index (χ2n) is 12.9. The molecule has 0 aliphatic carbocycles. The number of halogens is 8. The summed E-state index contributed by atoms with van der Waals surface area (Å²) < 4.78 is 0. The molecular weight excluding hydrogens is 955 g/mol. The zero-order chi connectivity index (χ0) is 40.8. The fourth-order valence-corrected chi connectivity index (χ4v) is 9.55. The maximum absolute atomic E-state index is 6.95. The number of hydrogen-bond donors (Lipinski definition) is 4. The first-order chi connectivity index (χ1) is 28.1. The fourth-order valence-electron chi connectivity index (χ4n) is 7.20. The maximum Gasteiger partial charge on any atom is 0.0738 e. The molecule has 0 amide bonds. The molecule has 2 aliphatic heterocycles. The normalized spacial score (nSPS) is 11.6. The van der Waals surface area contributed by atoms with Crippen molar-refractivity contribution < 1.29 is 27.6 Å². The number of nitrogens with one attached hydrogen (secondary N) is 2. The average molecular weight is 979 g/mol. The van der Waals surface area contributed by atoms with Crippen LogP contribution in [0.4, 0.5) is 0 Å². The Morgan fingerprint density at radius 2 is 0.492 bits per heavy atom. The molecular formula is C44H24Cl8MnN4O2. The molecule has 0 saturated carbocycles. The number of benzene rings is 4. The summed E-state index contributed by atoms with van der Waals surface area (Å²) in [4.78, 5) is 17.8. The monoisotopic (exact) mass is 975 g/mol. The van der Waals surface area contributed by atoms with Gasteiger partial charge in [-0.05, 0) is 97.1 Å². The van der Waals surface area contributed by atoms with Crippen LogP contribution >= 0.6 is 92.8 Å². The molecule has 7 aromatic rings. The Labute approximate surface area is 388 Å². The van der Waals surface area contributed by atoms with Crippen LogP contribution in [-0.2, 0) is 17.1 Å². The van der Waals surface area contributed by atoms with Gasteiger partial charge in [-0.2, -0.15) is 0 Å². The third-order valence-electron chi connectivity index (χ3n) is 9.60. The number of hydrogen-bond acceptors (Lipinski definition) is 4. The standard InChI is InChI=1S/C44H22Cl8N4.Mn.H2O2/c45-21-5-1-6-22(46)37(21)41-29-13-15-31(53-29)42(38-23(47)7-2-8-24(38)48)33-17-19-35(55-33)44(40-27(51)11-4-12-28(40)52)36-20-18-34(56-36)43(32-16-14-30(41)54-32)39-25(49)9-3-10-26(39)50;;1-2/h1-20,53,56H;;1-2H. The third-order valence-corrected chi connectivity index (χ3v) is 12.1. The van der Waals surface area contributed by atoms with Crippen LogP contribution in [0.15, 0.2) is 97.1 Å².